The van der Waals surface area contributed by atoms with Crippen molar-refractivity contribution in [1.82, 2.24) is 0 Å². The Morgan fingerprint density at radius 2 is 1.85 bits per heavy atom. The molecule has 7 nitrogen and oxygen atoms in total. The molecule has 0 aromatic heterocycles. The summed E-state index contributed by atoms with van der Waals surface area (Å²) in [6, 6.07) is 1.91. The average molecular weight is 359 g/mol. The summed E-state index contributed by atoms with van der Waals surface area (Å²) >= 11 is 0. The van der Waals surface area contributed by atoms with Gasteiger partial charge in [0.25, 0.3) is 0 Å². The van der Waals surface area contributed by atoms with Crippen LogP contribution in [0.3, 0.4) is 0 Å². The molecule has 0 spiro atoms. The van der Waals surface area contributed by atoms with Gasteiger partial charge in [0.1, 0.15) is 17.8 Å². The van der Waals surface area contributed by atoms with Gasteiger partial charge in [0.2, 0.25) is 5.91 Å². The molecule has 7 heteroatoms. The number of methoxy groups -OCH3 is 4. The maximum absolute atomic E-state index is 13.2. The van der Waals surface area contributed by atoms with Crippen LogP contribution in [0.2, 0.25) is 0 Å². The number of carbonyl (C=O) groups is 2. The predicted molar refractivity (Wildman–Crippen MR) is 92.7 cm³/mol. The van der Waals surface area contributed by atoms with Crippen molar-refractivity contribution in [3.05, 3.63) is 29.0 Å². The van der Waals surface area contributed by atoms with Crippen LogP contribution in [0.1, 0.15) is 17.0 Å². The van der Waals surface area contributed by atoms with Gasteiger partial charge in [0, 0.05) is 31.2 Å². The molecule has 4 rings (SSSR count). The van der Waals surface area contributed by atoms with Crippen LogP contribution >= 0.6 is 0 Å². The van der Waals surface area contributed by atoms with Gasteiger partial charge in [0.05, 0.1) is 27.0 Å². The number of amides is 1. The molecule has 0 unspecified atom stereocenters. The molecular weight excluding hydrogens is 338 g/mol. The molecular formula is C19H21NO6. The van der Waals surface area contributed by atoms with Crippen molar-refractivity contribution in [2.45, 2.75) is 18.4 Å². The summed E-state index contributed by atoms with van der Waals surface area (Å²) in [7, 11) is 6.10. The first-order valence-electron chi connectivity index (χ1n) is 8.48. The summed E-state index contributed by atoms with van der Waals surface area (Å²) in [5, 5.41) is 0. The summed E-state index contributed by atoms with van der Waals surface area (Å²) in [6.07, 6.45) is 1.32. The average Bonchev–Trinajstić information content (AvgIpc) is 3.08. The van der Waals surface area contributed by atoms with Crippen LogP contribution in [0, 0.1) is 5.92 Å². The highest BCUT2D eigenvalue weighted by Gasteiger charge is 2.54. The fraction of sp³-hybridized carbons (Fsp3) is 0.474. The number of hydrogen-bond donors (Lipinski definition) is 0. The number of benzene rings is 1. The highest BCUT2D eigenvalue weighted by atomic mass is 16.5. The molecule has 138 valence electrons. The Morgan fingerprint density at radius 1 is 1.08 bits per heavy atom. The van der Waals surface area contributed by atoms with Gasteiger partial charge < -0.3 is 23.8 Å². The van der Waals surface area contributed by atoms with Crippen LogP contribution in [0.25, 0.3) is 0 Å². The van der Waals surface area contributed by atoms with Crippen molar-refractivity contribution >= 4 is 17.4 Å². The zero-order valence-electron chi connectivity index (χ0n) is 15.2. The molecule has 1 aromatic carbocycles. The topological polar surface area (TPSA) is 74.3 Å². The smallest absolute Gasteiger partial charge is 0.238 e. The molecule has 3 atom stereocenters. The maximum Gasteiger partial charge on any atom is 0.238 e. The van der Waals surface area contributed by atoms with Gasteiger partial charge in [-0.3, -0.25) is 9.59 Å². The van der Waals surface area contributed by atoms with E-state index in [1.807, 2.05) is 6.07 Å². The highest BCUT2D eigenvalue weighted by Crippen LogP contribution is 2.56. The Hall–Kier alpha value is -2.54. The van der Waals surface area contributed by atoms with E-state index in [0.717, 1.165) is 23.2 Å². The summed E-state index contributed by atoms with van der Waals surface area (Å²) in [5.41, 5.74) is 2.62. The molecule has 0 bridgehead atoms. The van der Waals surface area contributed by atoms with Crippen LogP contribution in [0.5, 0.6) is 11.5 Å². The van der Waals surface area contributed by atoms with Crippen molar-refractivity contribution in [1.29, 1.82) is 0 Å². The largest absolute Gasteiger partial charge is 0.500 e. The first kappa shape index (κ1) is 16.9. The van der Waals surface area contributed by atoms with E-state index in [0.29, 0.717) is 23.8 Å². The first-order valence-corrected chi connectivity index (χ1v) is 8.48. The number of anilines is 1. The Balaban J connectivity index is 2.05. The number of ether oxygens (including phenoxy) is 4. The quantitative estimate of drug-likeness (QED) is 0.810. The summed E-state index contributed by atoms with van der Waals surface area (Å²) in [4.78, 5) is 27.6. The van der Waals surface area contributed by atoms with Gasteiger partial charge in [-0.05, 0) is 18.1 Å². The Bertz CT molecular complexity index is 830. The van der Waals surface area contributed by atoms with E-state index in [4.69, 9.17) is 18.9 Å². The van der Waals surface area contributed by atoms with Gasteiger partial charge in [-0.15, -0.1) is 0 Å². The lowest BCUT2D eigenvalue weighted by atomic mass is 9.71. The molecule has 0 saturated carbocycles. The number of nitrogens with zero attached hydrogens (tertiary/aromatic N) is 1. The van der Waals surface area contributed by atoms with E-state index in [1.54, 1.807) is 19.1 Å². The minimum atomic E-state index is -0.782. The van der Waals surface area contributed by atoms with Gasteiger partial charge in [-0.1, -0.05) is 0 Å². The highest BCUT2D eigenvalue weighted by molar-refractivity contribution is 6.07. The lowest BCUT2D eigenvalue weighted by molar-refractivity contribution is -0.132. The third-order valence-corrected chi connectivity index (χ3v) is 5.54. The van der Waals surface area contributed by atoms with E-state index in [-0.39, 0.29) is 11.7 Å². The lowest BCUT2D eigenvalue weighted by Gasteiger charge is -2.43. The van der Waals surface area contributed by atoms with E-state index in [9.17, 15) is 9.59 Å². The Kier molecular flexibility index (Phi) is 3.91. The van der Waals surface area contributed by atoms with Crippen molar-refractivity contribution in [3.63, 3.8) is 0 Å². The minimum Gasteiger partial charge on any atom is -0.500 e. The van der Waals surface area contributed by atoms with Crippen molar-refractivity contribution in [3.8, 4) is 11.5 Å². The molecule has 1 aromatic rings. The Morgan fingerprint density at radius 3 is 2.46 bits per heavy atom. The van der Waals surface area contributed by atoms with E-state index in [1.165, 1.54) is 20.3 Å². The first-order chi connectivity index (χ1) is 12.6. The third-order valence-electron chi connectivity index (χ3n) is 5.54. The monoisotopic (exact) mass is 359 g/mol. The molecule has 0 fully saturated rings. The molecule has 1 amide bonds. The molecule has 26 heavy (non-hydrogen) atoms. The molecule has 1 aliphatic carbocycles. The van der Waals surface area contributed by atoms with Gasteiger partial charge in [0.15, 0.2) is 17.3 Å². The SMILES string of the molecule is COC1=CC(=O)[C@H](OC)[C@H]2c3c(OC)c(OC)cc4c3N(CC4)C(=O)[C@@H]12. The fourth-order valence-corrected chi connectivity index (χ4v) is 4.50. The molecule has 2 heterocycles. The van der Waals surface area contributed by atoms with Crippen molar-refractivity contribution in [2.24, 2.45) is 5.92 Å². The van der Waals surface area contributed by atoms with Crippen LogP contribution in [-0.2, 0) is 25.5 Å². The number of rotatable bonds is 4. The third kappa shape index (κ3) is 2.03. The second kappa shape index (κ2) is 6.02. The summed E-state index contributed by atoms with van der Waals surface area (Å²) < 4.78 is 22.1. The molecule has 0 saturated heterocycles. The van der Waals surface area contributed by atoms with E-state index >= 15 is 0 Å². The van der Waals surface area contributed by atoms with Gasteiger partial charge in [-0.2, -0.15) is 0 Å². The summed E-state index contributed by atoms with van der Waals surface area (Å²) in [6.45, 7) is 0.587. The van der Waals surface area contributed by atoms with E-state index in [2.05, 4.69) is 0 Å². The number of hydrogen-bond acceptors (Lipinski definition) is 6. The summed E-state index contributed by atoms with van der Waals surface area (Å²) in [5.74, 6) is 0.0527. The van der Waals surface area contributed by atoms with Crippen LogP contribution in [-0.4, -0.2) is 52.8 Å². The minimum absolute atomic E-state index is 0.0730. The second-order valence-corrected chi connectivity index (χ2v) is 6.59. The zero-order valence-corrected chi connectivity index (χ0v) is 15.2. The fourth-order valence-electron chi connectivity index (χ4n) is 4.50. The van der Waals surface area contributed by atoms with Crippen LogP contribution in [0.15, 0.2) is 17.9 Å². The normalized spacial score (nSPS) is 26.2. The van der Waals surface area contributed by atoms with Crippen LogP contribution in [0.4, 0.5) is 5.69 Å². The van der Waals surface area contributed by atoms with Gasteiger partial charge >= 0.3 is 0 Å². The molecule has 0 N–H and O–H groups in total. The zero-order chi connectivity index (χ0) is 18.6. The standard InChI is InChI=1S/C19H21NO6/c1-23-11-8-10(21)17(25-3)14-13(11)19(22)20-6-5-9-7-12(24-2)18(26-4)15(14)16(9)20/h7-8,13-14,17H,5-6H2,1-4H3/t13-,14+,17-/m0/s1. The van der Waals surface area contributed by atoms with E-state index < -0.39 is 17.9 Å². The lowest BCUT2D eigenvalue weighted by Crippen LogP contribution is -2.50. The maximum atomic E-state index is 13.2. The number of carbonyl (C=O) groups excluding carboxylic acids is 2. The van der Waals surface area contributed by atoms with Crippen LogP contribution < -0.4 is 14.4 Å². The number of ketones is 1. The molecule has 3 aliphatic rings. The molecule has 2 aliphatic heterocycles. The van der Waals surface area contributed by atoms with Crippen molar-refractivity contribution in [2.75, 3.05) is 39.9 Å². The molecule has 0 radical (unpaired) electrons. The predicted octanol–water partition coefficient (Wildman–Crippen LogP) is 1.43. The Labute approximate surface area is 151 Å². The number of fused-ring (bicyclic) bond motifs is 2. The van der Waals surface area contributed by atoms with Crippen molar-refractivity contribution < 1.29 is 28.5 Å². The second-order valence-electron chi connectivity index (χ2n) is 6.59. The van der Waals surface area contributed by atoms with Gasteiger partial charge in [-0.25, -0.2) is 0 Å².